The van der Waals surface area contributed by atoms with Crippen LogP contribution in [-0.2, 0) is 4.43 Å². The van der Waals surface area contributed by atoms with Crippen molar-refractivity contribution in [1.29, 1.82) is 0 Å². The zero-order valence-corrected chi connectivity index (χ0v) is 15.1. The molecule has 1 unspecified atom stereocenters. The van der Waals surface area contributed by atoms with Gasteiger partial charge in [0.15, 0.2) is 7.83 Å². The van der Waals surface area contributed by atoms with Gasteiger partial charge in [-0.05, 0) is 45.8 Å². The minimum atomic E-state index is -1.41. The predicted molar refractivity (Wildman–Crippen MR) is 86.0 cm³/mol. The maximum atomic E-state index is 6.66. The molecule has 0 saturated carbocycles. The highest BCUT2D eigenvalue weighted by Crippen LogP contribution is 2.41. The van der Waals surface area contributed by atoms with Crippen LogP contribution in [0.2, 0.25) is 32.2 Å². The minimum Gasteiger partial charge on any atom is -0.415 e. The Morgan fingerprint density at radius 3 is 2.22 bits per heavy atom. The quantitative estimate of drug-likeness (QED) is 0.590. The highest BCUT2D eigenvalue weighted by Gasteiger charge is 2.50. The van der Waals surface area contributed by atoms with Gasteiger partial charge < -0.3 is 10.2 Å². The molecule has 0 bridgehead atoms. The molecular formula is C14H33NOSi2. The molecule has 0 amide bonds. The summed E-state index contributed by atoms with van der Waals surface area (Å²) in [6.07, 6.45) is 7.63. The molecule has 0 spiro atoms. The second-order valence-corrected chi connectivity index (χ2v) is 22.6. The van der Waals surface area contributed by atoms with Crippen molar-refractivity contribution in [1.82, 2.24) is 0 Å². The van der Waals surface area contributed by atoms with Crippen LogP contribution in [0.4, 0.5) is 0 Å². The van der Waals surface area contributed by atoms with Gasteiger partial charge in [-0.15, -0.1) is 0 Å². The summed E-state index contributed by atoms with van der Waals surface area (Å²) in [7, 11) is -2.48. The van der Waals surface area contributed by atoms with E-state index in [0.29, 0.717) is 0 Å². The number of nitrogens with two attached hydrogens (primary N) is 1. The van der Waals surface area contributed by atoms with Crippen molar-refractivity contribution in [3.8, 4) is 0 Å². The van der Waals surface area contributed by atoms with Crippen LogP contribution in [0.25, 0.3) is 0 Å². The van der Waals surface area contributed by atoms with Gasteiger partial charge in [0.05, 0.1) is 13.2 Å². The molecule has 2 N–H and O–H groups in total. The zero-order valence-electron chi connectivity index (χ0n) is 13.1. The van der Waals surface area contributed by atoms with Crippen molar-refractivity contribution in [2.45, 2.75) is 83.3 Å². The number of hydrogen-bond donors (Lipinski definition) is 1. The normalized spacial score (nSPS) is 30.3. The van der Waals surface area contributed by atoms with Crippen LogP contribution in [0.3, 0.4) is 0 Å². The van der Waals surface area contributed by atoms with Crippen LogP contribution in [-0.4, -0.2) is 27.6 Å². The summed E-state index contributed by atoms with van der Waals surface area (Å²) in [4.78, 5) is 0. The largest absolute Gasteiger partial charge is 0.415 e. The first-order valence-corrected chi connectivity index (χ1v) is 14.7. The van der Waals surface area contributed by atoms with Gasteiger partial charge in [0, 0.05) is 0 Å². The molecule has 1 saturated heterocycles. The summed E-state index contributed by atoms with van der Waals surface area (Å²) in [5.74, 6) is 0. The third-order valence-electron chi connectivity index (χ3n) is 5.07. The van der Waals surface area contributed by atoms with Gasteiger partial charge in [0.25, 0.3) is 0 Å². The van der Waals surface area contributed by atoms with Crippen molar-refractivity contribution in [3.63, 3.8) is 0 Å². The summed E-state index contributed by atoms with van der Waals surface area (Å²) < 4.78 is 6.66. The minimum absolute atomic E-state index is 0.182. The van der Waals surface area contributed by atoms with E-state index in [1.54, 1.807) is 0 Å². The van der Waals surface area contributed by atoms with Crippen molar-refractivity contribution < 1.29 is 4.43 Å². The number of hydrogen-bond acceptors (Lipinski definition) is 2. The molecule has 0 radical (unpaired) electrons. The van der Waals surface area contributed by atoms with E-state index in [4.69, 9.17) is 10.2 Å². The molecule has 1 aliphatic heterocycles. The first kappa shape index (κ1) is 16.4. The molecule has 0 aromatic rings. The number of unbranched alkanes of at least 4 members (excludes halogenated alkanes) is 3. The SMILES string of the molecule is CC1(CCCCCCN)CC[Si](C)(C)[Si](C)(C)O1. The van der Waals surface area contributed by atoms with Crippen LogP contribution in [0, 0.1) is 0 Å². The van der Waals surface area contributed by atoms with Crippen molar-refractivity contribution in [2.24, 2.45) is 5.73 Å². The topological polar surface area (TPSA) is 35.2 Å². The number of rotatable bonds is 6. The van der Waals surface area contributed by atoms with E-state index in [9.17, 15) is 0 Å². The van der Waals surface area contributed by atoms with E-state index in [2.05, 4.69) is 33.1 Å². The molecular weight excluding hydrogens is 254 g/mol. The zero-order chi connectivity index (χ0) is 13.9. The molecule has 0 aromatic carbocycles. The van der Waals surface area contributed by atoms with Gasteiger partial charge in [-0.1, -0.05) is 38.4 Å². The van der Waals surface area contributed by atoms with Crippen molar-refractivity contribution >= 4 is 15.4 Å². The van der Waals surface area contributed by atoms with E-state index < -0.39 is 15.4 Å². The van der Waals surface area contributed by atoms with Crippen LogP contribution in [0.5, 0.6) is 0 Å². The molecule has 18 heavy (non-hydrogen) atoms. The summed E-state index contributed by atoms with van der Waals surface area (Å²) in [5.41, 5.74) is 5.71. The second kappa shape index (κ2) is 6.20. The lowest BCUT2D eigenvalue weighted by atomic mass is 9.95. The smallest absolute Gasteiger partial charge is 0.174 e. The maximum absolute atomic E-state index is 6.66. The first-order chi connectivity index (χ1) is 8.22. The predicted octanol–water partition coefficient (Wildman–Crippen LogP) is 4.07. The van der Waals surface area contributed by atoms with Crippen molar-refractivity contribution in [2.75, 3.05) is 6.54 Å². The van der Waals surface area contributed by atoms with E-state index in [-0.39, 0.29) is 5.60 Å². The average molecular weight is 288 g/mol. The molecule has 108 valence electrons. The molecule has 1 rings (SSSR count). The lowest BCUT2D eigenvalue weighted by molar-refractivity contribution is 0.0606. The van der Waals surface area contributed by atoms with Crippen LogP contribution in [0.1, 0.15) is 45.4 Å². The fourth-order valence-electron chi connectivity index (χ4n) is 2.86. The lowest BCUT2D eigenvalue weighted by Crippen LogP contribution is -2.64. The van der Waals surface area contributed by atoms with Gasteiger partial charge in [0.1, 0.15) is 0 Å². The third kappa shape index (κ3) is 4.18. The fraction of sp³-hybridized carbons (Fsp3) is 1.00. The molecule has 2 nitrogen and oxygen atoms in total. The molecule has 0 aromatic heterocycles. The van der Waals surface area contributed by atoms with E-state index in [1.165, 1.54) is 44.6 Å². The Balaban J connectivity index is 2.41. The lowest BCUT2D eigenvalue weighted by Gasteiger charge is -2.51. The standard InChI is InChI=1S/C14H33NOSi2/c1-14(10-8-6-7-9-12-15)11-13-17(2,3)18(4,5)16-14/h6-13,15H2,1-5H3. The highest BCUT2D eigenvalue weighted by atomic mass is 29.3. The Hall–Kier alpha value is 0.354. The third-order valence-corrected chi connectivity index (χ3v) is 21.7. The molecule has 1 fully saturated rings. The van der Waals surface area contributed by atoms with Crippen LogP contribution < -0.4 is 5.73 Å². The highest BCUT2D eigenvalue weighted by molar-refractivity contribution is 7.38. The Morgan fingerprint density at radius 1 is 1.06 bits per heavy atom. The molecule has 4 heteroatoms. The Morgan fingerprint density at radius 2 is 1.67 bits per heavy atom. The van der Waals surface area contributed by atoms with E-state index >= 15 is 0 Å². The van der Waals surface area contributed by atoms with Crippen molar-refractivity contribution in [3.05, 3.63) is 0 Å². The monoisotopic (exact) mass is 287 g/mol. The van der Waals surface area contributed by atoms with Gasteiger partial charge in [0.2, 0.25) is 0 Å². The van der Waals surface area contributed by atoms with Gasteiger partial charge in [-0.2, -0.15) is 0 Å². The second-order valence-electron chi connectivity index (χ2n) is 7.40. The fourth-order valence-corrected chi connectivity index (χ4v) is 10.1. The molecule has 0 aliphatic carbocycles. The summed E-state index contributed by atoms with van der Waals surface area (Å²) >= 11 is 0. The Labute approximate surface area is 116 Å². The average Bonchev–Trinajstić information content (AvgIpc) is 2.24. The molecule has 1 atom stereocenters. The Kier molecular flexibility index (Phi) is 5.65. The van der Waals surface area contributed by atoms with E-state index in [1.807, 2.05) is 0 Å². The van der Waals surface area contributed by atoms with Crippen LogP contribution >= 0.6 is 0 Å². The summed E-state index contributed by atoms with van der Waals surface area (Å²) in [6, 6.07) is 1.46. The first-order valence-electron chi connectivity index (χ1n) is 7.63. The summed E-state index contributed by atoms with van der Waals surface area (Å²) in [5, 5.41) is 0. The van der Waals surface area contributed by atoms with Crippen LogP contribution in [0.15, 0.2) is 0 Å². The maximum Gasteiger partial charge on any atom is 0.174 e. The van der Waals surface area contributed by atoms with Gasteiger partial charge in [-0.25, -0.2) is 0 Å². The molecule has 1 heterocycles. The Bertz CT molecular complexity index is 269. The molecule has 1 aliphatic rings. The van der Waals surface area contributed by atoms with Gasteiger partial charge >= 0.3 is 0 Å². The van der Waals surface area contributed by atoms with Gasteiger partial charge in [-0.3, -0.25) is 0 Å². The summed E-state index contributed by atoms with van der Waals surface area (Å²) in [6.45, 7) is 13.2. The van der Waals surface area contributed by atoms with E-state index in [0.717, 1.165) is 6.54 Å².